The Morgan fingerprint density at radius 1 is 1.35 bits per heavy atom. The normalized spacial score (nSPS) is 24.3. The van der Waals surface area contributed by atoms with Crippen LogP contribution >= 0.6 is 34.8 Å². The molecule has 0 radical (unpaired) electrons. The number of rotatable bonds is 4. The molecule has 0 heterocycles. The Morgan fingerprint density at radius 2 is 1.96 bits per heavy atom. The smallest absolute Gasteiger partial charge is 0.431 e. The molecule has 2 amide bonds. The van der Waals surface area contributed by atoms with Gasteiger partial charge in [0.2, 0.25) is 0 Å². The molecule has 0 fully saturated rings. The molecule has 0 aliphatic heterocycles. The third-order valence-electron chi connectivity index (χ3n) is 2.86. The zero-order chi connectivity index (χ0) is 17.9. The summed E-state index contributed by atoms with van der Waals surface area (Å²) >= 11 is 17.4. The standard InChI is InChI=1S/C13H19Cl3N2O5/c1-11(2,3)22-10(21)18-23-8-5-4-6-12(8,17-9(19)20)7-13(14,15)16/h4,6,8,17H,5,7H2,1-3H3,(H,18,21)(H,19,20). The molecule has 1 rings (SSSR count). The van der Waals surface area contributed by atoms with Crippen molar-refractivity contribution in [3.63, 3.8) is 0 Å². The summed E-state index contributed by atoms with van der Waals surface area (Å²) in [5.74, 6) is 0. The van der Waals surface area contributed by atoms with Crippen molar-refractivity contribution >= 4 is 47.0 Å². The first-order valence-corrected chi connectivity index (χ1v) is 7.87. The Kier molecular flexibility index (Phi) is 6.43. The third kappa shape index (κ3) is 7.03. The van der Waals surface area contributed by atoms with E-state index in [0.29, 0.717) is 6.42 Å². The number of hydroxylamine groups is 1. The van der Waals surface area contributed by atoms with Crippen LogP contribution in [-0.4, -0.2) is 38.3 Å². The first-order chi connectivity index (χ1) is 10.3. The summed E-state index contributed by atoms with van der Waals surface area (Å²) in [5, 5.41) is 11.3. The molecule has 2 unspecified atom stereocenters. The van der Waals surface area contributed by atoms with Crippen LogP contribution in [0.3, 0.4) is 0 Å². The van der Waals surface area contributed by atoms with Gasteiger partial charge in [0.25, 0.3) is 0 Å². The highest BCUT2D eigenvalue weighted by Gasteiger charge is 2.47. The van der Waals surface area contributed by atoms with Gasteiger partial charge in [-0.15, -0.1) is 0 Å². The van der Waals surface area contributed by atoms with Crippen molar-refractivity contribution in [2.45, 2.75) is 54.6 Å². The maximum Gasteiger partial charge on any atom is 0.431 e. The lowest BCUT2D eigenvalue weighted by Gasteiger charge is -2.36. The highest BCUT2D eigenvalue weighted by molar-refractivity contribution is 6.67. The van der Waals surface area contributed by atoms with E-state index < -0.39 is 33.2 Å². The highest BCUT2D eigenvalue weighted by atomic mass is 35.6. The van der Waals surface area contributed by atoms with Crippen LogP contribution in [-0.2, 0) is 9.57 Å². The quantitative estimate of drug-likeness (QED) is 0.388. The molecule has 132 valence electrons. The molecule has 0 aromatic rings. The van der Waals surface area contributed by atoms with Crippen molar-refractivity contribution in [3.8, 4) is 0 Å². The van der Waals surface area contributed by atoms with Crippen LogP contribution in [0.1, 0.15) is 33.6 Å². The lowest BCUT2D eigenvalue weighted by molar-refractivity contribution is -0.0627. The zero-order valence-corrected chi connectivity index (χ0v) is 15.1. The summed E-state index contributed by atoms with van der Waals surface area (Å²) in [4.78, 5) is 28.0. The molecule has 0 saturated carbocycles. The van der Waals surface area contributed by atoms with Crippen molar-refractivity contribution in [1.82, 2.24) is 10.8 Å². The number of carboxylic acid groups (broad SMARTS) is 1. The van der Waals surface area contributed by atoms with E-state index >= 15 is 0 Å². The molecule has 0 aromatic carbocycles. The SMILES string of the molecule is CC(C)(C)OC(=O)NOC1CC=CC1(CC(Cl)(Cl)Cl)NC(=O)O. The van der Waals surface area contributed by atoms with Gasteiger partial charge >= 0.3 is 12.2 Å². The second-order valence-corrected chi connectivity index (χ2v) is 8.63. The topological polar surface area (TPSA) is 96.9 Å². The fraction of sp³-hybridized carbons (Fsp3) is 0.692. The molecule has 23 heavy (non-hydrogen) atoms. The molecule has 1 aliphatic rings. The molecule has 0 spiro atoms. The number of halogens is 3. The monoisotopic (exact) mass is 388 g/mol. The first kappa shape index (κ1) is 20.2. The molecule has 3 N–H and O–H groups in total. The van der Waals surface area contributed by atoms with E-state index in [-0.39, 0.29) is 6.42 Å². The number of carbonyl (C=O) groups excluding carboxylic acids is 1. The minimum Gasteiger partial charge on any atom is -0.465 e. The van der Waals surface area contributed by atoms with Gasteiger partial charge in [0, 0.05) is 6.42 Å². The summed E-state index contributed by atoms with van der Waals surface area (Å²) in [6.07, 6.45) is 0.462. The molecular formula is C13H19Cl3N2O5. The Labute approximate surface area is 149 Å². The van der Waals surface area contributed by atoms with Gasteiger partial charge in [-0.2, -0.15) is 5.48 Å². The summed E-state index contributed by atoms with van der Waals surface area (Å²) in [5.41, 5.74) is 0.147. The third-order valence-corrected chi connectivity index (χ3v) is 3.26. The Balaban J connectivity index is 2.79. The van der Waals surface area contributed by atoms with Crippen molar-refractivity contribution in [2.75, 3.05) is 0 Å². The number of hydrogen-bond acceptors (Lipinski definition) is 4. The predicted octanol–water partition coefficient (Wildman–Crippen LogP) is 3.54. The fourth-order valence-electron chi connectivity index (χ4n) is 2.16. The van der Waals surface area contributed by atoms with Crippen LogP contribution in [0.4, 0.5) is 9.59 Å². The van der Waals surface area contributed by atoms with Crippen LogP contribution in [0.2, 0.25) is 0 Å². The number of carbonyl (C=O) groups is 2. The lowest BCUT2D eigenvalue weighted by atomic mass is 9.92. The Morgan fingerprint density at radius 3 is 2.43 bits per heavy atom. The molecule has 7 nitrogen and oxygen atoms in total. The molecule has 2 atom stereocenters. The molecule has 0 saturated heterocycles. The number of ether oxygens (including phenoxy) is 1. The second-order valence-electron chi connectivity index (χ2n) is 6.11. The highest BCUT2D eigenvalue weighted by Crippen LogP contribution is 2.40. The molecular weight excluding hydrogens is 371 g/mol. The minimum absolute atomic E-state index is 0.172. The maximum atomic E-state index is 11.6. The van der Waals surface area contributed by atoms with Gasteiger partial charge in [-0.1, -0.05) is 47.0 Å². The van der Waals surface area contributed by atoms with Gasteiger partial charge in [0.1, 0.15) is 11.7 Å². The number of hydrogen-bond donors (Lipinski definition) is 3. The van der Waals surface area contributed by atoms with E-state index in [1.165, 1.54) is 0 Å². The summed E-state index contributed by atoms with van der Waals surface area (Å²) in [6.45, 7) is 5.09. The van der Waals surface area contributed by atoms with Crippen LogP contribution in [0.5, 0.6) is 0 Å². The minimum atomic E-state index is -1.72. The van der Waals surface area contributed by atoms with Crippen molar-refractivity contribution in [1.29, 1.82) is 0 Å². The zero-order valence-electron chi connectivity index (χ0n) is 12.9. The van der Waals surface area contributed by atoms with Crippen LogP contribution < -0.4 is 10.8 Å². The van der Waals surface area contributed by atoms with Gasteiger partial charge in [-0.05, 0) is 27.2 Å². The lowest BCUT2D eigenvalue weighted by Crippen LogP contribution is -2.57. The first-order valence-electron chi connectivity index (χ1n) is 6.73. The Hall–Kier alpha value is -0.890. The second kappa shape index (κ2) is 7.34. The number of nitrogens with one attached hydrogen (secondary N) is 2. The number of alkyl halides is 3. The van der Waals surface area contributed by atoms with Crippen LogP contribution in [0.25, 0.3) is 0 Å². The van der Waals surface area contributed by atoms with Crippen LogP contribution in [0.15, 0.2) is 12.2 Å². The summed E-state index contributed by atoms with van der Waals surface area (Å²) < 4.78 is 3.32. The predicted molar refractivity (Wildman–Crippen MR) is 86.8 cm³/mol. The largest absolute Gasteiger partial charge is 0.465 e. The van der Waals surface area contributed by atoms with Gasteiger partial charge in [0.15, 0.2) is 3.79 Å². The van der Waals surface area contributed by atoms with Gasteiger partial charge < -0.3 is 15.2 Å². The molecule has 10 heteroatoms. The van der Waals surface area contributed by atoms with Gasteiger partial charge in [-0.3, -0.25) is 4.84 Å². The van der Waals surface area contributed by atoms with E-state index in [2.05, 4.69) is 10.8 Å². The average molecular weight is 390 g/mol. The van der Waals surface area contributed by atoms with E-state index in [1.54, 1.807) is 32.9 Å². The molecule has 1 aliphatic carbocycles. The molecule has 0 aromatic heterocycles. The van der Waals surface area contributed by atoms with Crippen molar-refractivity contribution in [3.05, 3.63) is 12.2 Å². The van der Waals surface area contributed by atoms with E-state index in [9.17, 15) is 9.59 Å². The van der Waals surface area contributed by atoms with E-state index in [0.717, 1.165) is 0 Å². The van der Waals surface area contributed by atoms with E-state index in [1.807, 2.05) is 0 Å². The number of amides is 2. The van der Waals surface area contributed by atoms with Gasteiger partial charge in [-0.25, -0.2) is 9.59 Å². The summed E-state index contributed by atoms with van der Waals surface area (Å²) in [6, 6.07) is 0. The van der Waals surface area contributed by atoms with E-state index in [4.69, 9.17) is 49.5 Å². The summed E-state index contributed by atoms with van der Waals surface area (Å²) in [7, 11) is 0. The average Bonchev–Trinajstić information content (AvgIpc) is 2.62. The maximum absolute atomic E-state index is 11.6. The molecule has 0 bridgehead atoms. The van der Waals surface area contributed by atoms with Crippen molar-refractivity contribution in [2.24, 2.45) is 0 Å². The van der Waals surface area contributed by atoms with Crippen molar-refractivity contribution < 1.29 is 24.3 Å². The fourth-order valence-corrected chi connectivity index (χ4v) is 2.82. The Bertz CT molecular complexity index is 487. The van der Waals surface area contributed by atoms with Gasteiger partial charge in [0.05, 0.1) is 5.54 Å². The van der Waals surface area contributed by atoms with Crippen LogP contribution in [0, 0.1) is 0 Å².